The Hall–Kier alpha value is -1.72. The summed E-state index contributed by atoms with van der Waals surface area (Å²) >= 11 is 1.39. The van der Waals surface area contributed by atoms with Gasteiger partial charge in [-0.25, -0.2) is 4.98 Å². The molecule has 0 aliphatic rings. The minimum absolute atomic E-state index is 0.0707. The van der Waals surface area contributed by atoms with Gasteiger partial charge in [0, 0.05) is 5.41 Å². The number of thiazole rings is 1. The van der Waals surface area contributed by atoms with Gasteiger partial charge >= 0.3 is 0 Å². The maximum Gasteiger partial charge on any atom is 0.263 e. The molecule has 0 fully saturated rings. The molecule has 1 atom stereocenters. The highest BCUT2D eigenvalue weighted by atomic mass is 32.1. The molecule has 0 spiro atoms. The molecule has 0 bridgehead atoms. The Labute approximate surface area is 135 Å². The Kier molecular flexibility index (Phi) is 4.68. The van der Waals surface area contributed by atoms with Gasteiger partial charge < -0.3 is 10.4 Å². The van der Waals surface area contributed by atoms with Crippen LogP contribution in [0.2, 0.25) is 0 Å². The first-order valence-corrected chi connectivity index (χ1v) is 8.04. The zero-order chi connectivity index (χ0) is 16.4. The maximum atomic E-state index is 12.2. The van der Waals surface area contributed by atoms with Gasteiger partial charge in [-0.05, 0) is 12.5 Å². The van der Waals surface area contributed by atoms with Crippen LogP contribution in [0, 0.1) is 0 Å². The van der Waals surface area contributed by atoms with Crippen molar-refractivity contribution in [2.75, 3.05) is 6.54 Å². The van der Waals surface area contributed by atoms with Crippen LogP contribution in [0.4, 0.5) is 0 Å². The van der Waals surface area contributed by atoms with Crippen molar-refractivity contribution in [3.63, 3.8) is 0 Å². The van der Waals surface area contributed by atoms with Crippen molar-refractivity contribution in [2.45, 2.75) is 38.7 Å². The van der Waals surface area contributed by atoms with Crippen LogP contribution in [-0.4, -0.2) is 22.5 Å². The lowest BCUT2D eigenvalue weighted by Gasteiger charge is -2.24. The highest BCUT2D eigenvalue weighted by molar-refractivity contribution is 7.13. The molecule has 1 aromatic heterocycles. The molecule has 2 aromatic rings. The van der Waals surface area contributed by atoms with Gasteiger partial charge in [-0.1, -0.05) is 51.1 Å². The minimum Gasteiger partial charge on any atom is -0.384 e. The summed E-state index contributed by atoms with van der Waals surface area (Å²) < 4.78 is 0. The summed E-state index contributed by atoms with van der Waals surface area (Å²) in [5, 5.41) is 14.2. The Morgan fingerprint density at radius 1 is 1.23 bits per heavy atom. The van der Waals surface area contributed by atoms with Crippen molar-refractivity contribution in [3.05, 3.63) is 52.0 Å². The number of nitrogens with one attached hydrogen (secondary N) is 1. The number of amides is 1. The topological polar surface area (TPSA) is 62.2 Å². The van der Waals surface area contributed by atoms with Crippen molar-refractivity contribution in [3.8, 4) is 0 Å². The van der Waals surface area contributed by atoms with Gasteiger partial charge in [0.1, 0.15) is 10.5 Å². The number of hydrogen-bond donors (Lipinski definition) is 2. The van der Waals surface area contributed by atoms with Gasteiger partial charge in [-0.2, -0.15) is 0 Å². The summed E-state index contributed by atoms with van der Waals surface area (Å²) in [4.78, 5) is 17.1. The second-order valence-corrected chi connectivity index (χ2v) is 7.63. The molecule has 5 heteroatoms. The van der Waals surface area contributed by atoms with Crippen molar-refractivity contribution in [1.29, 1.82) is 0 Å². The molecular weight excluding hydrogens is 296 g/mol. The summed E-state index contributed by atoms with van der Waals surface area (Å²) in [6.07, 6.45) is 1.60. The molecule has 0 saturated carbocycles. The van der Waals surface area contributed by atoms with Crippen LogP contribution in [0.3, 0.4) is 0 Å². The van der Waals surface area contributed by atoms with Gasteiger partial charge in [0.2, 0.25) is 0 Å². The number of carbonyl (C=O) groups excluding carboxylic acids is 1. The van der Waals surface area contributed by atoms with Crippen LogP contribution in [0.1, 0.15) is 47.9 Å². The second kappa shape index (κ2) is 6.18. The molecule has 1 aromatic carbocycles. The number of aliphatic hydroxyl groups is 1. The molecule has 0 aliphatic carbocycles. The Balaban J connectivity index is 2.02. The van der Waals surface area contributed by atoms with E-state index in [1.54, 1.807) is 13.1 Å². The molecule has 118 valence electrons. The van der Waals surface area contributed by atoms with Gasteiger partial charge in [0.05, 0.1) is 17.7 Å². The van der Waals surface area contributed by atoms with Crippen LogP contribution < -0.4 is 5.32 Å². The molecule has 0 radical (unpaired) electrons. The molecule has 0 saturated heterocycles. The van der Waals surface area contributed by atoms with Gasteiger partial charge in [-0.3, -0.25) is 4.79 Å². The highest BCUT2D eigenvalue weighted by Gasteiger charge is 2.25. The van der Waals surface area contributed by atoms with E-state index in [2.05, 4.69) is 31.1 Å². The fourth-order valence-corrected chi connectivity index (χ4v) is 2.85. The van der Waals surface area contributed by atoms with E-state index < -0.39 is 5.60 Å². The quantitative estimate of drug-likeness (QED) is 0.910. The Morgan fingerprint density at radius 2 is 1.86 bits per heavy atom. The first-order chi connectivity index (χ1) is 10.2. The number of aromatic nitrogens is 1. The van der Waals surface area contributed by atoms with E-state index in [0.29, 0.717) is 4.88 Å². The van der Waals surface area contributed by atoms with Crippen LogP contribution in [0.25, 0.3) is 0 Å². The molecule has 2 N–H and O–H groups in total. The standard InChI is InChI=1S/C17H22N2O2S/c1-16(2,3)15-18-10-13(22-15)14(20)19-11-17(4,21)12-8-6-5-7-9-12/h5-10,21H,11H2,1-4H3,(H,19,20). The summed E-state index contributed by atoms with van der Waals surface area (Å²) in [5.74, 6) is -0.204. The predicted octanol–water partition coefficient (Wildman–Crippen LogP) is 3.08. The summed E-state index contributed by atoms with van der Waals surface area (Å²) in [7, 11) is 0. The SMILES string of the molecule is CC(C)(C)c1ncc(C(=O)NCC(C)(O)c2ccccc2)s1. The first kappa shape index (κ1) is 16.6. The molecule has 4 nitrogen and oxygen atoms in total. The van der Waals surface area contributed by atoms with E-state index in [-0.39, 0.29) is 17.9 Å². The Bertz CT molecular complexity index is 642. The number of rotatable bonds is 4. The smallest absolute Gasteiger partial charge is 0.263 e. The van der Waals surface area contributed by atoms with E-state index in [0.717, 1.165) is 10.6 Å². The van der Waals surface area contributed by atoms with Crippen LogP contribution in [-0.2, 0) is 11.0 Å². The molecule has 1 unspecified atom stereocenters. The van der Waals surface area contributed by atoms with Gasteiger partial charge in [0.25, 0.3) is 5.91 Å². The largest absolute Gasteiger partial charge is 0.384 e. The number of hydrogen-bond acceptors (Lipinski definition) is 4. The number of nitrogens with zero attached hydrogens (tertiary/aromatic N) is 1. The number of carbonyl (C=O) groups is 1. The fourth-order valence-electron chi connectivity index (χ4n) is 1.96. The average molecular weight is 318 g/mol. The van der Waals surface area contributed by atoms with E-state index >= 15 is 0 Å². The van der Waals surface area contributed by atoms with Crippen LogP contribution >= 0.6 is 11.3 Å². The monoisotopic (exact) mass is 318 g/mol. The zero-order valence-electron chi connectivity index (χ0n) is 13.4. The lowest BCUT2D eigenvalue weighted by Crippen LogP contribution is -2.38. The van der Waals surface area contributed by atoms with Crippen molar-refractivity contribution < 1.29 is 9.90 Å². The molecule has 22 heavy (non-hydrogen) atoms. The van der Waals surface area contributed by atoms with Crippen molar-refractivity contribution in [2.24, 2.45) is 0 Å². The third kappa shape index (κ3) is 3.93. The normalized spacial score (nSPS) is 14.4. The Morgan fingerprint density at radius 3 is 2.41 bits per heavy atom. The van der Waals surface area contributed by atoms with Crippen molar-refractivity contribution in [1.82, 2.24) is 10.3 Å². The highest BCUT2D eigenvalue weighted by Crippen LogP contribution is 2.27. The van der Waals surface area contributed by atoms with E-state index in [1.807, 2.05) is 30.3 Å². The molecular formula is C17H22N2O2S. The van der Waals surface area contributed by atoms with Crippen molar-refractivity contribution >= 4 is 17.2 Å². The van der Waals surface area contributed by atoms with E-state index in [4.69, 9.17) is 0 Å². The third-order valence-corrected chi connectivity index (χ3v) is 4.78. The molecule has 2 rings (SSSR count). The second-order valence-electron chi connectivity index (χ2n) is 6.60. The lowest BCUT2D eigenvalue weighted by molar-refractivity contribution is 0.0527. The van der Waals surface area contributed by atoms with Crippen LogP contribution in [0.15, 0.2) is 36.5 Å². The maximum absolute atomic E-state index is 12.2. The summed E-state index contributed by atoms with van der Waals surface area (Å²) in [6.45, 7) is 8.03. The number of benzene rings is 1. The lowest BCUT2D eigenvalue weighted by atomic mass is 9.96. The van der Waals surface area contributed by atoms with Crippen LogP contribution in [0.5, 0.6) is 0 Å². The zero-order valence-corrected chi connectivity index (χ0v) is 14.2. The van der Waals surface area contributed by atoms with Gasteiger partial charge in [0.15, 0.2) is 0 Å². The van der Waals surface area contributed by atoms with E-state index in [9.17, 15) is 9.90 Å². The summed E-state index contributed by atoms with van der Waals surface area (Å²) in [6, 6.07) is 9.31. The van der Waals surface area contributed by atoms with Gasteiger partial charge in [-0.15, -0.1) is 11.3 Å². The fraction of sp³-hybridized carbons (Fsp3) is 0.412. The average Bonchev–Trinajstić information content (AvgIpc) is 2.96. The third-order valence-electron chi connectivity index (χ3n) is 3.36. The molecule has 1 amide bonds. The summed E-state index contributed by atoms with van der Waals surface area (Å²) in [5.41, 5.74) is -0.400. The first-order valence-electron chi connectivity index (χ1n) is 7.22. The van der Waals surface area contributed by atoms with E-state index in [1.165, 1.54) is 11.3 Å². The predicted molar refractivity (Wildman–Crippen MR) is 89.2 cm³/mol. The molecule has 1 heterocycles. The minimum atomic E-state index is -1.10. The molecule has 0 aliphatic heterocycles.